The highest BCUT2D eigenvalue weighted by molar-refractivity contribution is 5.95. The van der Waals surface area contributed by atoms with Crippen LogP contribution >= 0.6 is 0 Å². The molecule has 0 spiro atoms. The summed E-state index contributed by atoms with van der Waals surface area (Å²) in [5.74, 6) is -0.0331. The van der Waals surface area contributed by atoms with Gasteiger partial charge in [0.25, 0.3) is 0 Å². The van der Waals surface area contributed by atoms with Gasteiger partial charge >= 0.3 is 12.0 Å². The van der Waals surface area contributed by atoms with Crippen LogP contribution in [0.4, 0.5) is 4.79 Å². The van der Waals surface area contributed by atoms with Crippen LogP contribution in [0.2, 0.25) is 0 Å². The molecule has 1 atom stereocenters. The molecule has 1 heterocycles. The second kappa shape index (κ2) is 12.7. The van der Waals surface area contributed by atoms with E-state index in [0.29, 0.717) is 35.7 Å². The SMILES string of the molecule is CCOC(=O)C1=C(CN(C)CC(=O)NCCCOC)NC(=O)NC1c1ccc(OC)cc1. The smallest absolute Gasteiger partial charge is 0.338 e. The fraction of sp³-hybridized carbons (Fsp3) is 0.500. The molecule has 10 nitrogen and oxygen atoms in total. The third-order valence-electron chi connectivity index (χ3n) is 4.79. The number of ether oxygens (including phenoxy) is 3. The monoisotopic (exact) mass is 448 g/mol. The molecule has 32 heavy (non-hydrogen) atoms. The summed E-state index contributed by atoms with van der Waals surface area (Å²) in [4.78, 5) is 39.1. The van der Waals surface area contributed by atoms with Crippen molar-refractivity contribution in [3.63, 3.8) is 0 Å². The summed E-state index contributed by atoms with van der Waals surface area (Å²) in [5, 5.41) is 8.30. The van der Waals surface area contributed by atoms with Crippen molar-refractivity contribution < 1.29 is 28.6 Å². The topological polar surface area (TPSA) is 118 Å². The lowest BCUT2D eigenvalue weighted by molar-refractivity contribution is -0.139. The Bertz CT molecular complexity index is 824. The van der Waals surface area contributed by atoms with E-state index in [0.717, 1.165) is 6.42 Å². The van der Waals surface area contributed by atoms with Crippen molar-refractivity contribution in [3.8, 4) is 5.75 Å². The van der Waals surface area contributed by atoms with Crippen molar-refractivity contribution in [2.45, 2.75) is 19.4 Å². The molecule has 1 unspecified atom stereocenters. The second-order valence-electron chi connectivity index (χ2n) is 7.29. The van der Waals surface area contributed by atoms with Crippen molar-refractivity contribution in [1.29, 1.82) is 0 Å². The Hall–Kier alpha value is -3.11. The fourth-order valence-electron chi connectivity index (χ4n) is 3.31. The van der Waals surface area contributed by atoms with Gasteiger partial charge in [-0.05, 0) is 38.1 Å². The van der Waals surface area contributed by atoms with Crippen molar-refractivity contribution in [3.05, 3.63) is 41.1 Å². The molecule has 0 bridgehead atoms. The number of likely N-dealkylation sites (N-methyl/N-ethyl adjacent to an activating group) is 1. The number of nitrogens with zero attached hydrogens (tertiary/aromatic N) is 1. The molecule has 0 radical (unpaired) electrons. The standard InChI is InChI=1S/C22H32N4O6/c1-5-32-21(28)19-17(13-26(2)14-18(27)23-11-6-12-30-3)24-22(29)25-20(19)15-7-9-16(31-4)10-8-15/h7-10,20H,5-6,11-14H2,1-4H3,(H,23,27)(H2,24,25,29). The molecule has 0 fully saturated rings. The Morgan fingerprint density at radius 2 is 1.91 bits per heavy atom. The van der Waals surface area contributed by atoms with Crippen LogP contribution in [-0.2, 0) is 19.1 Å². The van der Waals surface area contributed by atoms with E-state index < -0.39 is 18.0 Å². The molecule has 0 aliphatic carbocycles. The van der Waals surface area contributed by atoms with Crippen molar-refractivity contribution in [2.24, 2.45) is 0 Å². The maximum absolute atomic E-state index is 12.8. The van der Waals surface area contributed by atoms with Gasteiger partial charge in [0.05, 0.1) is 31.9 Å². The van der Waals surface area contributed by atoms with Crippen LogP contribution in [0.3, 0.4) is 0 Å². The molecule has 0 saturated heterocycles. The second-order valence-corrected chi connectivity index (χ2v) is 7.29. The van der Waals surface area contributed by atoms with E-state index in [1.807, 2.05) is 0 Å². The largest absolute Gasteiger partial charge is 0.497 e. The number of nitrogens with one attached hydrogen (secondary N) is 3. The highest BCUT2D eigenvalue weighted by Crippen LogP contribution is 2.29. The summed E-state index contributed by atoms with van der Waals surface area (Å²) in [5.41, 5.74) is 1.39. The van der Waals surface area contributed by atoms with Gasteiger partial charge in [0.2, 0.25) is 5.91 Å². The summed E-state index contributed by atoms with van der Waals surface area (Å²) in [6, 6.07) is 5.94. The van der Waals surface area contributed by atoms with Gasteiger partial charge in [-0.15, -0.1) is 0 Å². The zero-order valence-electron chi connectivity index (χ0n) is 19.0. The number of esters is 1. The first-order valence-corrected chi connectivity index (χ1v) is 10.4. The van der Waals surface area contributed by atoms with Crippen LogP contribution < -0.4 is 20.7 Å². The zero-order valence-corrected chi connectivity index (χ0v) is 19.0. The molecule has 3 N–H and O–H groups in total. The average Bonchev–Trinajstić information content (AvgIpc) is 2.76. The first-order valence-electron chi connectivity index (χ1n) is 10.4. The number of amides is 3. The minimum Gasteiger partial charge on any atom is -0.497 e. The number of carbonyl (C=O) groups is 3. The minimum absolute atomic E-state index is 0.100. The van der Waals surface area contributed by atoms with E-state index in [9.17, 15) is 14.4 Å². The number of rotatable bonds is 12. The van der Waals surface area contributed by atoms with E-state index in [-0.39, 0.29) is 25.6 Å². The average molecular weight is 449 g/mol. The molecule has 1 aromatic rings. The Balaban J connectivity index is 2.22. The van der Waals surface area contributed by atoms with Crippen LogP contribution in [0.5, 0.6) is 5.75 Å². The number of methoxy groups -OCH3 is 2. The zero-order chi connectivity index (χ0) is 23.5. The molecular weight excluding hydrogens is 416 g/mol. The highest BCUT2D eigenvalue weighted by atomic mass is 16.5. The van der Waals surface area contributed by atoms with Gasteiger partial charge in [0, 0.05) is 32.5 Å². The summed E-state index contributed by atoms with van der Waals surface area (Å²) < 4.78 is 15.4. The fourth-order valence-corrected chi connectivity index (χ4v) is 3.31. The number of hydrogen-bond acceptors (Lipinski definition) is 7. The van der Waals surface area contributed by atoms with Crippen LogP contribution in [0, 0.1) is 0 Å². The van der Waals surface area contributed by atoms with Gasteiger partial charge < -0.3 is 30.2 Å². The minimum atomic E-state index is -0.694. The van der Waals surface area contributed by atoms with Crippen LogP contribution in [-0.4, -0.2) is 76.9 Å². The third-order valence-corrected chi connectivity index (χ3v) is 4.79. The number of hydrogen-bond donors (Lipinski definition) is 3. The molecule has 176 valence electrons. The lowest BCUT2D eigenvalue weighted by atomic mass is 9.95. The first-order chi connectivity index (χ1) is 15.4. The van der Waals surface area contributed by atoms with Crippen LogP contribution in [0.15, 0.2) is 35.5 Å². The van der Waals surface area contributed by atoms with Gasteiger partial charge in [-0.1, -0.05) is 12.1 Å². The molecular formula is C22H32N4O6. The van der Waals surface area contributed by atoms with Crippen molar-refractivity contribution in [2.75, 3.05) is 54.1 Å². The van der Waals surface area contributed by atoms with Gasteiger partial charge in [0.1, 0.15) is 5.75 Å². The molecule has 1 aromatic carbocycles. The highest BCUT2D eigenvalue weighted by Gasteiger charge is 2.34. The summed E-state index contributed by atoms with van der Waals surface area (Å²) in [6.07, 6.45) is 0.718. The summed E-state index contributed by atoms with van der Waals surface area (Å²) in [7, 11) is 4.91. The molecule has 0 aromatic heterocycles. The van der Waals surface area contributed by atoms with Crippen molar-refractivity contribution in [1.82, 2.24) is 20.9 Å². The van der Waals surface area contributed by atoms with Crippen LogP contribution in [0.25, 0.3) is 0 Å². The summed E-state index contributed by atoms with van der Waals surface area (Å²) in [6.45, 7) is 3.27. The molecule has 1 aliphatic rings. The lowest BCUT2D eigenvalue weighted by Gasteiger charge is -2.31. The third kappa shape index (κ3) is 7.24. The number of benzene rings is 1. The quantitative estimate of drug-likeness (QED) is 0.322. The molecule has 2 rings (SSSR count). The van der Waals surface area contributed by atoms with Gasteiger partial charge in [0.15, 0.2) is 0 Å². The molecule has 0 saturated carbocycles. The van der Waals surface area contributed by atoms with Gasteiger partial charge in [-0.25, -0.2) is 9.59 Å². The van der Waals surface area contributed by atoms with Gasteiger partial charge in [-0.2, -0.15) is 0 Å². The van der Waals surface area contributed by atoms with E-state index in [2.05, 4.69) is 16.0 Å². The molecule has 3 amide bonds. The Kier molecular flexibility index (Phi) is 9.96. The predicted molar refractivity (Wildman–Crippen MR) is 118 cm³/mol. The maximum atomic E-state index is 12.8. The Morgan fingerprint density at radius 3 is 2.53 bits per heavy atom. The summed E-state index contributed by atoms with van der Waals surface area (Å²) >= 11 is 0. The first kappa shape index (κ1) is 25.2. The maximum Gasteiger partial charge on any atom is 0.338 e. The normalized spacial score (nSPS) is 15.8. The van der Waals surface area contributed by atoms with E-state index in [1.54, 1.807) is 57.4 Å². The Morgan fingerprint density at radius 1 is 1.19 bits per heavy atom. The number of urea groups is 1. The lowest BCUT2D eigenvalue weighted by Crippen LogP contribution is -2.49. The van der Waals surface area contributed by atoms with E-state index in [4.69, 9.17) is 14.2 Å². The van der Waals surface area contributed by atoms with Crippen molar-refractivity contribution >= 4 is 17.9 Å². The molecule has 10 heteroatoms. The Labute approximate surface area is 188 Å². The molecule has 1 aliphatic heterocycles. The number of carbonyl (C=O) groups excluding carboxylic acids is 3. The van der Waals surface area contributed by atoms with E-state index >= 15 is 0 Å². The van der Waals surface area contributed by atoms with E-state index in [1.165, 1.54) is 0 Å². The van der Waals surface area contributed by atoms with Crippen LogP contribution in [0.1, 0.15) is 24.9 Å². The predicted octanol–water partition coefficient (Wildman–Crippen LogP) is 0.951. The van der Waals surface area contributed by atoms with Gasteiger partial charge in [-0.3, -0.25) is 9.69 Å².